The summed E-state index contributed by atoms with van der Waals surface area (Å²) < 4.78 is 29.6. The highest BCUT2D eigenvalue weighted by Gasteiger charge is 2.33. The van der Waals surface area contributed by atoms with Crippen LogP contribution in [0.25, 0.3) is 0 Å². The molecule has 190 valence electrons. The molecule has 2 aromatic carbocycles. The van der Waals surface area contributed by atoms with Crippen LogP contribution in [0, 0.1) is 11.5 Å². The number of alkyl halides is 4. The van der Waals surface area contributed by atoms with Crippen molar-refractivity contribution >= 4 is 74.0 Å². The van der Waals surface area contributed by atoms with Gasteiger partial charge in [0.2, 0.25) is 11.9 Å². The van der Waals surface area contributed by atoms with E-state index in [2.05, 4.69) is 41.4 Å². The quantitative estimate of drug-likeness (QED) is 0.138. The van der Waals surface area contributed by atoms with Crippen molar-refractivity contribution in [1.29, 1.82) is 5.26 Å². The van der Waals surface area contributed by atoms with Crippen LogP contribution in [0.15, 0.2) is 52.6 Å². The van der Waals surface area contributed by atoms with Crippen LogP contribution < -0.4 is 15.4 Å². The number of hydrogen-bond donors (Lipinski definition) is 2. The van der Waals surface area contributed by atoms with Gasteiger partial charge < -0.3 is 10.1 Å². The molecular weight excluding hydrogens is 605 g/mol. The monoisotopic (exact) mass is 620 g/mol. The third kappa shape index (κ3) is 7.43. The number of carbonyl (C=O) groups excluding carboxylic acids is 1. The van der Waals surface area contributed by atoms with Gasteiger partial charge in [0.1, 0.15) is 5.75 Å². The van der Waals surface area contributed by atoms with E-state index >= 15 is 0 Å². The van der Waals surface area contributed by atoms with Gasteiger partial charge in [-0.15, -0.1) is 11.6 Å². The molecule has 0 aromatic heterocycles. The van der Waals surface area contributed by atoms with Gasteiger partial charge in [-0.1, -0.05) is 51.3 Å². The van der Waals surface area contributed by atoms with Crippen molar-refractivity contribution in [2.24, 2.45) is 10.1 Å². The van der Waals surface area contributed by atoms with Crippen molar-refractivity contribution in [3.05, 3.63) is 58.1 Å². The van der Waals surface area contributed by atoms with Crippen molar-refractivity contribution in [2.75, 3.05) is 12.4 Å². The highest BCUT2D eigenvalue weighted by atomic mass is 79.9. The molecule has 0 aliphatic carbocycles. The second-order valence-electron chi connectivity index (χ2n) is 7.25. The predicted molar refractivity (Wildman–Crippen MR) is 139 cm³/mol. The summed E-state index contributed by atoms with van der Waals surface area (Å²) in [5, 5.41) is 21.2. The number of ether oxygens (including phenoxy) is 1. The number of halogens is 6. The van der Waals surface area contributed by atoms with Crippen LogP contribution in [0.1, 0.15) is 12.0 Å². The fourth-order valence-electron chi connectivity index (χ4n) is 3.20. The molecule has 1 amide bonds. The molecule has 14 heteroatoms. The smallest absolute Gasteiger partial charge is 0.387 e. The summed E-state index contributed by atoms with van der Waals surface area (Å²) in [6.07, 6.45) is 2.19. The first-order chi connectivity index (χ1) is 17.2. The lowest BCUT2D eigenvalue weighted by Gasteiger charge is -2.19. The Balaban J connectivity index is 1.97. The average Bonchev–Trinajstić information content (AvgIpc) is 3.24. The number of nitrogens with one attached hydrogen (secondary N) is 2. The van der Waals surface area contributed by atoms with E-state index in [9.17, 15) is 18.8 Å². The summed E-state index contributed by atoms with van der Waals surface area (Å²) in [6, 6.07) is 9.93. The van der Waals surface area contributed by atoms with E-state index in [1.165, 1.54) is 29.3 Å². The Morgan fingerprint density at radius 1 is 1.31 bits per heavy atom. The van der Waals surface area contributed by atoms with Crippen LogP contribution in [0.5, 0.6) is 5.75 Å². The van der Waals surface area contributed by atoms with Gasteiger partial charge in [0, 0.05) is 17.5 Å². The Hall–Kier alpha value is -2.65. The summed E-state index contributed by atoms with van der Waals surface area (Å²) in [4.78, 5) is 16.5. The number of rotatable bonds is 8. The maximum atomic E-state index is 12.7. The van der Waals surface area contributed by atoms with E-state index in [0.717, 1.165) is 0 Å². The SMILES string of the molecule is N#CNC(=Nc1cccc(OC(F)F)c1)N1CC(NC(=O)C(Br)CCCl)C(c2ccc(Cl)c(Cl)c2)=N1. The van der Waals surface area contributed by atoms with E-state index in [-0.39, 0.29) is 35.7 Å². The second-order valence-corrected chi connectivity index (χ2v) is 9.55. The first kappa shape index (κ1) is 27.9. The Bertz CT molecular complexity index is 1210. The molecule has 8 nitrogen and oxygen atoms in total. The topological polar surface area (TPSA) is 102 Å². The second kappa shape index (κ2) is 13.1. The zero-order valence-electron chi connectivity index (χ0n) is 18.3. The minimum atomic E-state index is -3.00. The molecule has 1 aliphatic heterocycles. The summed E-state index contributed by atoms with van der Waals surface area (Å²) >= 11 is 21.3. The number of carbonyl (C=O) groups is 1. The number of aliphatic imine (C=N–C) groups is 1. The molecule has 36 heavy (non-hydrogen) atoms. The third-order valence-electron chi connectivity index (χ3n) is 4.78. The van der Waals surface area contributed by atoms with Crippen LogP contribution in [-0.2, 0) is 4.79 Å². The molecule has 2 aromatic rings. The van der Waals surface area contributed by atoms with Crippen LogP contribution in [-0.4, -0.2) is 52.5 Å². The molecule has 0 bridgehead atoms. The number of hydrazone groups is 1. The molecule has 2 unspecified atom stereocenters. The molecule has 0 saturated carbocycles. The summed E-state index contributed by atoms with van der Waals surface area (Å²) in [5.74, 6) is -0.127. The molecular formula is C22H18BrCl3F2N6O2. The van der Waals surface area contributed by atoms with Gasteiger partial charge in [-0.05, 0) is 30.7 Å². The summed E-state index contributed by atoms with van der Waals surface area (Å²) in [6.45, 7) is -2.90. The maximum Gasteiger partial charge on any atom is 0.387 e. The minimum absolute atomic E-state index is 0.00263. The maximum absolute atomic E-state index is 12.7. The van der Waals surface area contributed by atoms with E-state index < -0.39 is 17.5 Å². The molecule has 2 atom stereocenters. The number of amides is 1. The zero-order chi connectivity index (χ0) is 26.2. The molecule has 2 N–H and O–H groups in total. The Kier molecular flexibility index (Phi) is 10.1. The molecule has 0 saturated heterocycles. The van der Waals surface area contributed by atoms with Crippen molar-refractivity contribution in [2.45, 2.75) is 23.9 Å². The first-order valence-electron chi connectivity index (χ1n) is 10.3. The largest absolute Gasteiger partial charge is 0.435 e. The number of guanidine groups is 1. The third-order valence-corrected chi connectivity index (χ3v) is 6.61. The highest BCUT2D eigenvalue weighted by Crippen LogP contribution is 2.26. The van der Waals surface area contributed by atoms with Gasteiger partial charge in [0.15, 0.2) is 6.19 Å². The summed E-state index contributed by atoms with van der Waals surface area (Å²) in [7, 11) is 0. The minimum Gasteiger partial charge on any atom is -0.435 e. The Labute approximate surface area is 229 Å². The van der Waals surface area contributed by atoms with E-state index in [1.54, 1.807) is 24.4 Å². The van der Waals surface area contributed by atoms with Crippen molar-refractivity contribution in [1.82, 2.24) is 15.6 Å². The van der Waals surface area contributed by atoms with Crippen molar-refractivity contribution < 1.29 is 18.3 Å². The van der Waals surface area contributed by atoms with Crippen LogP contribution >= 0.6 is 50.7 Å². The summed E-state index contributed by atoms with van der Waals surface area (Å²) in [5.41, 5.74) is 1.26. The Morgan fingerprint density at radius 2 is 2.08 bits per heavy atom. The van der Waals surface area contributed by atoms with Crippen LogP contribution in [0.2, 0.25) is 10.0 Å². The fraction of sp³-hybridized carbons (Fsp3) is 0.273. The normalized spacial score (nSPS) is 16.4. The molecule has 0 spiro atoms. The van der Waals surface area contributed by atoms with E-state index in [4.69, 9.17) is 34.8 Å². The van der Waals surface area contributed by atoms with Gasteiger partial charge in [-0.25, -0.2) is 10.0 Å². The van der Waals surface area contributed by atoms with Crippen LogP contribution in [0.4, 0.5) is 14.5 Å². The van der Waals surface area contributed by atoms with Gasteiger partial charge in [-0.3, -0.25) is 10.1 Å². The lowest BCUT2D eigenvalue weighted by atomic mass is 10.0. The van der Waals surface area contributed by atoms with E-state index in [0.29, 0.717) is 27.7 Å². The lowest BCUT2D eigenvalue weighted by Crippen LogP contribution is -2.47. The molecule has 0 fully saturated rings. The number of nitriles is 1. The lowest BCUT2D eigenvalue weighted by molar-refractivity contribution is -0.120. The Morgan fingerprint density at radius 3 is 2.75 bits per heavy atom. The molecule has 1 aliphatic rings. The van der Waals surface area contributed by atoms with Gasteiger partial charge in [0.05, 0.1) is 38.9 Å². The van der Waals surface area contributed by atoms with Crippen molar-refractivity contribution in [3.8, 4) is 11.9 Å². The average molecular weight is 623 g/mol. The standard InChI is InChI=1S/C22H18BrCl3F2N6O2/c23-15(6-7-24)20(35)32-18-10-34(33-19(18)12-4-5-16(25)17(26)8-12)22(30-11-29)31-13-2-1-3-14(9-13)36-21(27)28/h1-5,8-9,15,18,21H,6-7,10H2,(H,30,31)(H,32,35). The van der Waals surface area contributed by atoms with Gasteiger partial charge in [0.25, 0.3) is 0 Å². The van der Waals surface area contributed by atoms with Crippen LogP contribution in [0.3, 0.4) is 0 Å². The predicted octanol–water partition coefficient (Wildman–Crippen LogP) is 5.25. The number of benzene rings is 2. The van der Waals surface area contributed by atoms with Gasteiger partial charge in [-0.2, -0.15) is 19.1 Å². The fourth-order valence-corrected chi connectivity index (χ4v) is 4.34. The molecule has 3 rings (SSSR count). The zero-order valence-corrected chi connectivity index (χ0v) is 22.1. The molecule has 1 heterocycles. The highest BCUT2D eigenvalue weighted by molar-refractivity contribution is 9.10. The first-order valence-corrected chi connectivity index (χ1v) is 12.5. The number of nitrogens with zero attached hydrogens (tertiary/aromatic N) is 4. The molecule has 0 radical (unpaired) electrons. The van der Waals surface area contributed by atoms with Gasteiger partial charge >= 0.3 is 6.61 Å². The van der Waals surface area contributed by atoms with Crippen molar-refractivity contribution in [3.63, 3.8) is 0 Å². The van der Waals surface area contributed by atoms with E-state index in [1.807, 2.05) is 0 Å². The number of hydrogen-bond acceptors (Lipinski definition) is 5.